The molecule has 0 atom stereocenters. The fourth-order valence-corrected chi connectivity index (χ4v) is 3.75. The van der Waals surface area contributed by atoms with Gasteiger partial charge in [-0.2, -0.15) is 4.98 Å². The summed E-state index contributed by atoms with van der Waals surface area (Å²) in [5, 5.41) is 12.3. The molecule has 0 aliphatic rings. The normalized spacial score (nSPS) is 11.6. The number of hydrogen-bond acceptors (Lipinski definition) is 7. The molecule has 0 bridgehead atoms. The Labute approximate surface area is 112 Å². The highest BCUT2D eigenvalue weighted by Crippen LogP contribution is 2.25. The van der Waals surface area contributed by atoms with Gasteiger partial charge in [0.1, 0.15) is 4.88 Å². The van der Waals surface area contributed by atoms with Gasteiger partial charge in [-0.25, -0.2) is 17.9 Å². The first-order valence-electron chi connectivity index (χ1n) is 4.99. The third-order valence-corrected chi connectivity index (χ3v) is 4.89. The maximum absolute atomic E-state index is 12.0. The van der Waals surface area contributed by atoms with Gasteiger partial charge < -0.3 is 9.63 Å². The van der Waals surface area contributed by atoms with Gasteiger partial charge in [0.05, 0.1) is 11.4 Å². The largest absolute Gasteiger partial charge is 0.477 e. The number of nitrogens with zero attached hydrogens (tertiary/aromatic N) is 2. The van der Waals surface area contributed by atoms with E-state index in [1.54, 1.807) is 6.92 Å². The Kier molecular flexibility index (Phi) is 3.64. The van der Waals surface area contributed by atoms with Gasteiger partial charge in [-0.3, -0.25) is 0 Å². The van der Waals surface area contributed by atoms with Crippen LogP contribution in [-0.2, 0) is 16.6 Å². The van der Waals surface area contributed by atoms with Gasteiger partial charge >= 0.3 is 5.97 Å². The van der Waals surface area contributed by atoms with Crippen molar-refractivity contribution in [2.24, 2.45) is 0 Å². The number of carboxylic acids is 1. The first kappa shape index (κ1) is 13.6. The van der Waals surface area contributed by atoms with Crippen LogP contribution in [0.4, 0.5) is 0 Å². The van der Waals surface area contributed by atoms with E-state index in [2.05, 4.69) is 19.4 Å². The van der Waals surface area contributed by atoms with Crippen molar-refractivity contribution in [3.63, 3.8) is 0 Å². The standard InChI is InChI=1S/C9H9N3O5S2/c1-5-7(2-6(18-5)9(13)14)19(15,16)11-3-8-10-4-17-12-8/h2,4,11H,3H2,1H3,(H,13,14). The van der Waals surface area contributed by atoms with Crippen molar-refractivity contribution in [1.82, 2.24) is 14.9 Å². The number of rotatable bonds is 5. The molecule has 0 aliphatic heterocycles. The molecular weight excluding hydrogens is 294 g/mol. The molecule has 0 radical (unpaired) electrons. The van der Waals surface area contributed by atoms with Crippen LogP contribution in [-0.4, -0.2) is 29.6 Å². The lowest BCUT2D eigenvalue weighted by Gasteiger charge is -2.03. The number of nitrogens with one attached hydrogen (secondary N) is 1. The fourth-order valence-electron chi connectivity index (χ4n) is 1.35. The van der Waals surface area contributed by atoms with Gasteiger partial charge in [-0.15, -0.1) is 11.3 Å². The summed E-state index contributed by atoms with van der Waals surface area (Å²) in [4.78, 5) is 14.8. The molecule has 19 heavy (non-hydrogen) atoms. The Morgan fingerprint density at radius 1 is 1.58 bits per heavy atom. The zero-order valence-corrected chi connectivity index (χ0v) is 11.3. The van der Waals surface area contributed by atoms with E-state index < -0.39 is 16.0 Å². The Morgan fingerprint density at radius 3 is 2.84 bits per heavy atom. The van der Waals surface area contributed by atoms with Gasteiger partial charge in [-0.1, -0.05) is 5.16 Å². The van der Waals surface area contributed by atoms with Gasteiger partial charge in [-0.05, 0) is 13.0 Å². The molecule has 2 aromatic heterocycles. The van der Waals surface area contributed by atoms with E-state index in [1.807, 2.05) is 0 Å². The van der Waals surface area contributed by atoms with Crippen molar-refractivity contribution in [3.05, 3.63) is 28.0 Å². The lowest BCUT2D eigenvalue weighted by Crippen LogP contribution is -2.24. The summed E-state index contributed by atoms with van der Waals surface area (Å²) in [5.41, 5.74) is 0. The second-order valence-electron chi connectivity index (χ2n) is 3.51. The molecule has 2 aromatic rings. The molecule has 102 valence electrons. The highest BCUT2D eigenvalue weighted by Gasteiger charge is 2.22. The third-order valence-electron chi connectivity index (χ3n) is 2.20. The van der Waals surface area contributed by atoms with Crippen LogP contribution < -0.4 is 4.72 Å². The smallest absolute Gasteiger partial charge is 0.345 e. The Morgan fingerprint density at radius 2 is 2.32 bits per heavy atom. The molecule has 0 spiro atoms. The molecule has 8 nitrogen and oxygen atoms in total. The fraction of sp³-hybridized carbons (Fsp3) is 0.222. The van der Waals surface area contributed by atoms with Crippen molar-refractivity contribution >= 4 is 27.3 Å². The van der Waals surface area contributed by atoms with Crippen LogP contribution in [0.1, 0.15) is 20.4 Å². The first-order chi connectivity index (χ1) is 8.90. The minimum atomic E-state index is -3.80. The molecule has 10 heteroatoms. The summed E-state index contributed by atoms with van der Waals surface area (Å²) < 4.78 is 30.7. The number of aromatic carboxylic acids is 1. The van der Waals surface area contributed by atoms with Crippen molar-refractivity contribution < 1.29 is 22.8 Å². The van der Waals surface area contributed by atoms with E-state index in [1.165, 1.54) is 0 Å². The molecule has 0 saturated carbocycles. The SMILES string of the molecule is Cc1sc(C(=O)O)cc1S(=O)(=O)NCc1ncon1. The van der Waals surface area contributed by atoms with E-state index >= 15 is 0 Å². The number of carboxylic acid groups (broad SMARTS) is 1. The van der Waals surface area contributed by atoms with Crippen LogP contribution in [0.25, 0.3) is 0 Å². The molecule has 2 heterocycles. The highest BCUT2D eigenvalue weighted by atomic mass is 32.2. The Balaban J connectivity index is 2.22. The van der Waals surface area contributed by atoms with Crippen molar-refractivity contribution in [3.8, 4) is 0 Å². The topological polar surface area (TPSA) is 122 Å². The van der Waals surface area contributed by atoms with E-state index in [9.17, 15) is 13.2 Å². The maximum Gasteiger partial charge on any atom is 0.345 e. The van der Waals surface area contributed by atoms with Crippen LogP contribution in [0.3, 0.4) is 0 Å². The van der Waals surface area contributed by atoms with Crippen molar-refractivity contribution in [2.75, 3.05) is 0 Å². The van der Waals surface area contributed by atoms with Gasteiger partial charge in [0.25, 0.3) is 0 Å². The summed E-state index contributed by atoms with van der Waals surface area (Å²) >= 11 is 0.904. The molecule has 0 amide bonds. The predicted octanol–water partition coefficient (Wildman–Crippen LogP) is 0.616. The molecule has 2 N–H and O–H groups in total. The highest BCUT2D eigenvalue weighted by molar-refractivity contribution is 7.89. The molecule has 0 aromatic carbocycles. The number of aryl methyl sites for hydroxylation is 1. The van der Waals surface area contributed by atoms with E-state index in [-0.39, 0.29) is 22.1 Å². The lowest BCUT2D eigenvalue weighted by molar-refractivity contribution is 0.0702. The molecule has 0 saturated heterocycles. The average molecular weight is 303 g/mol. The van der Waals surface area contributed by atoms with Gasteiger partial charge in [0.2, 0.25) is 16.4 Å². The Bertz CT molecular complexity index is 690. The minimum absolute atomic E-state index is 0.0302. The van der Waals surface area contributed by atoms with Gasteiger partial charge in [0.15, 0.2) is 5.82 Å². The summed E-state index contributed by atoms with van der Waals surface area (Å²) in [6.45, 7) is 1.41. The zero-order chi connectivity index (χ0) is 14.0. The quantitative estimate of drug-likeness (QED) is 0.829. The lowest BCUT2D eigenvalue weighted by atomic mass is 10.4. The number of carbonyl (C=O) groups is 1. The second kappa shape index (κ2) is 5.07. The second-order valence-corrected chi connectivity index (χ2v) is 6.50. The van der Waals surface area contributed by atoms with Crippen LogP contribution in [0, 0.1) is 6.92 Å². The number of aromatic nitrogens is 2. The molecule has 0 unspecified atom stereocenters. The van der Waals surface area contributed by atoms with E-state index in [0.29, 0.717) is 4.88 Å². The molecule has 0 aliphatic carbocycles. The zero-order valence-electron chi connectivity index (χ0n) is 9.65. The number of sulfonamides is 1. The summed E-state index contributed by atoms with van der Waals surface area (Å²) in [6.07, 6.45) is 1.09. The van der Waals surface area contributed by atoms with Crippen LogP contribution in [0.5, 0.6) is 0 Å². The summed E-state index contributed by atoms with van der Waals surface area (Å²) in [5.74, 6) is -0.970. The number of hydrogen-bond donors (Lipinski definition) is 2. The van der Waals surface area contributed by atoms with E-state index in [4.69, 9.17) is 5.11 Å². The summed E-state index contributed by atoms with van der Waals surface area (Å²) in [6, 6.07) is 1.13. The third kappa shape index (κ3) is 2.97. The average Bonchev–Trinajstić information content (AvgIpc) is 2.95. The van der Waals surface area contributed by atoms with Crippen LogP contribution in [0.2, 0.25) is 0 Å². The van der Waals surface area contributed by atoms with Gasteiger partial charge in [0, 0.05) is 4.88 Å². The minimum Gasteiger partial charge on any atom is -0.477 e. The predicted molar refractivity (Wildman–Crippen MR) is 64.3 cm³/mol. The first-order valence-corrected chi connectivity index (χ1v) is 7.29. The molecule has 2 rings (SSSR count). The van der Waals surface area contributed by atoms with Crippen molar-refractivity contribution in [2.45, 2.75) is 18.4 Å². The molecule has 0 fully saturated rings. The number of thiophene rings is 1. The maximum atomic E-state index is 12.0. The van der Waals surface area contributed by atoms with Crippen LogP contribution in [0.15, 0.2) is 21.9 Å². The van der Waals surface area contributed by atoms with Crippen LogP contribution >= 0.6 is 11.3 Å². The van der Waals surface area contributed by atoms with E-state index in [0.717, 1.165) is 23.8 Å². The Hall–Kier alpha value is -1.78. The van der Waals surface area contributed by atoms with Crippen molar-refractivity contribution in [1.29, 1.82) is 0 Å². The monoisotopic (exact) mass is 303 g/mol. The molecular formula is C9H9N3O5S2. The summed E-state index contributed by atoms with van der Waals surface area (Å²) in [7, 11) is -3.80.